The average molecular weight is 451 g/mol. The Morgan fingerprint density at radius 2 is 1.83 bits per heavy atom. The third kappa shape index (κ3) is 7.22. The van der Waals surface area contributed by atoms with Gasteiger partial charge >= 0.3 is 0 Å². The van der Waals surface area contributed by atoms with E-state index in [2.05, 4.69) is 12.2 Å². The number of rotatable bonds is 10. The maximum atomic E-state index is 13.0. The lowest BCUT2D eigenvalue weighted by Gasteiger charge is -2.29. The van der Waals surface area contributed by atoms with Crippen LogP contribution in [-0.4, -0.2) is 35.9 Å². The van der Waals surface area contributed by atoms with Crippen LogP contribution in [0.2, 0.25) is 10.0 Å². The first-order chi connectivity index (χ1) is 14.3. The maximum absolute atomic E-state index is 13.0. The smallest absolute Gasteiger partial charge is 0.261 e. The molecule has 0 unspecified atom stereocenters. The van der Waals surface area contributed by atoms with Gasteiger partial charge in [-0.1, -0.05) is 60.3 Å². The first-order valence-corrected chi connectivity index (χ1v) is 10.8. The fourth-order valence-electron chi connectivity index (χ4n) is 2.81. The highest BCUT2D eigenvalue weighted by Crippen LogP contribution is 2.23. The maximum Gasteiger partial charge on any atom is 0.261 e. The summed E-state index contributed by atoms with van der Waals surface area (Å²) in [6, 6.07) is 11.9. The van der Waals surface area contributed by atoms with Gasteiger partial charge in [-0.2, -0.15) is 0 Å². The summed E-state index contributed by atoms with van der Waals surface area (Å²) in [5, 5.41) is 3.83. The molecule has 0 radical (unpaired) electrons. The molecule has 0 bridgehead atoms. The molecule has 0 aromatic heterocycles. The van der Waals surface area contributed by atoms with E-state index in [0.29, 0.717) is 27.9 Å². The van der Waals surface area contributed by atoms with Crippen molar-refractivity contribution in [2.24, 2.45) is 0 Å². The summed E-state index contributed by atoms with van der Waals surface area (Å²) < 4.78 is 5.64. The molecular formula is C23H28Cl2N2O3. The van der Waals surface area contributed by atoms with Gasteiger partial charge in [0, 0.05) is 23.1 Å². The van der Waals surface area contributed by atoms with Crippen LogP contribution in [0.3, 0.4) is 0 Å². The van der Waals surface area contributed by atoms with Gasteiger partial charge in [-0.3, -0.25) is 9.59 Å². The van der Waals surface area contributed by atoms with Crippen molar-refractivity contribution in [1.82, 2.24) is 10.2 Å². The summed E-state index contributed by atoms with van der Waals surface area (Å²) in [4.78, 5) is 27.1. The van der Waals surface area contributed by atoms with E-state index in [9.17, 15) is 9.59 Å². The normalized spacial score (nSPS) is 11.6. The van der Waals surface area contributed by atoms with E-state index in [4.69, 9.17) is 27.9 Å². The molecule has 0 aliphatic carbocycles. The average Bonchev–Trinajstić information content (AvgIpc) is 2.72. The third-order valence-corrected chi connectivity index (χ3v) is 5.32. The summed E-state index contributed by atoms with van der Waals surface area (Å²) in [5.74, 6) is 0.0791. The summed E-state index contributed by atoms with van der Waals surface area (Å²) in [5.41, 5.74) is 1.81. The van der Waals surface area contributed by atoms with Crippen LogP contribution in [0.25, 0.3) is 0 Å². The van der Waals surface area contributed by atoms with E-state index >= 15 is 0 Å². The number of benzene rings is 2. The van der Waals surface area contributed by atoms with Gasteiger partial charge in [0.25, 0.3) is 5.91 Å². The Bertz CT molecular complexity index is 856. The second-order valence-corrected chi connectivity index (χ2v) is 8.02. The lowest BCUT2D eigenvalue weighted by molar-refractivity contribution is -0.142. The molecule has 0 aliphatic rings. The van der Waals surface area contributed by atoms with Gasteiger partial charge in [-0.15, -0.1) is 0 Å². The van der Waals surface area contributed by atoms with Crippen molar-refractivity contribution in [3.8, 4) is 5.75 Å². The van der Waals surface area contributed by atoms with E-state index in [1.165, 1.54) is 4.90 Å². The van der Waals surface area contributed by atoms with Crippen LogP contribution in [0.4, 0.5) is 0 Å². The van der Waals surface area contributed by atoms with Crippen LogP contribution in [-0.2, 0) is 16.1 Å². The Balaban J connectivity index is 2.14. The van der Waals surface area contributed by atoms with E-state index in [1.54, 1.807) is 25.1 Å². The molecule has 0 saturated carbocycles. The van der Waals surface area contributed by atoms with Crippen molar-refractivity contribution < 1.29 is 14.3 Å². The van der Waals surface area contributed by atoms with Gasteiger partial charge in [0.05, 0.1) is 0 Å². The van der Waals surface area contributed by atoms with Gasteiger partial charge < -0.3 is 15.0 Å². The van der Waals surface area contributed by atoms with Gasteiger partial charge in [0.15, 0.2) is 6.61 Å². The summed E-state index contributed by atoms with van der Waals surface area (Å²) >= 11 is 12.3. The second kappa shape index (κ2) is 11.8. The van der Waals surface area contributed by atoms with Gasteiger partial charge in [-0.25, -0.2) is 0 Å². The van der Waals surface area contributed by atoms with E-state index < -0.39 is 6.04 Å². The molecule has 2 rings (SSSR count). The fourth-order valence-corrected chi connectivity index (χ4v) is 3.28. The number of unbranched alkanes of at least 4 members (excludes halogenated alkanes) is 1. The molecule has 0 saturated heterocycles. The lowest BCUT2D eigenvalue weighted by Crippen LogP contribution is -2.49. The molecule has 1 N–H and O–H groups in total. The Hall–Kier alpha value is -2.24. The van der Waals surface area contributed by atoms with Crippen molar-refractivity contribution in [1.29, 1.82) is 0 Å². The van der Waals surface area contributed by atoms with E-state index in [-0.39, 0.29) is 25.0 Å². The minimum atomic E-state index is -0.678. The molecule has 0 spiro atoms. The highest BCUT2D eigenvalue weighted by molar-refractivity contribution is 6.35. The number of hydrogen-bond donors (Lipinski definition) is 1. The monoisotopic (exact) mass is 450 g/mol. The van der Waals surface area contributed by atoms with Crippen LogP contribution < -0.4 is 10.1 Å². The molecule has 0 heterocycles. The first kappa shape index (κ1) is 24.0. The minimum Gasteiger partial charge on any atom is -0.484 e. The first-order valence-electron chi connectivity index (χ1n) is 10.0. The Labute approximate surface area is 188 Å². The summed E-state index contributed by atoms with van der Waals surface area (Å²) in [6.07, 6.45) is 1.86. The van der Waals surface area contributed by atoms with Gasteiger partial charge in [-0.05, 0) is 50.1 Å². The lowest BCUT2D eigenvalue weighted by atomic mass is 10.1. The van der Waals surface area contributed by atoms with Crippen molar-refractivity contribution in [3.63, 3.8) is 0 Å². The zero-order valence-electron chi connectivity index (χ0n) is 17.6. The number of carbonyl (C=O) groups is 2. The number of ether oxygens (including phenoxy) is 1. The van der Waals surface area contributed by atoms with E-state index in [0.717, 1.165) is 18.4 Å². The molecule has 0 aliphatic heterocycles. The number of hydrogen-bond acceptors (Lipinski definition) is 3. The third-order valence-electron chi connectivity index (χ3n) is 4.74. The van der Waals surface area contributed by atoms with Crippen molar-refractivity contribution in [2.75, 3.05) is 13.2 Å². The van der Waals surface area contributed by atoms with Crippen LogP contribution in [0.1, 0.15) is 37.8 Å². The predicted octanol–water partition coefficient (Wildman–Crippen LogP) is 5.01. The number of amides is 2. The topological polar surface area (TPSA) is 58.6 Å². The molecule has 7 heteroatoms. The molecular weight excluding hydrogens is 423 g/mol. The zero-order valence-corrected chi connectivity index (χ0v) is 19.1. The molecule has 162 valence electrons. The quantitative estimate of drug-likeness (QED) is 0.517. The number of nitrogens with one attached hydrogen (secondary N) is 1. The van der Waals surface area contributed by atoms with Crippen LogP contribution >= 0.6 is 23.2 Å². The standard InChI is InChI=1S/C23H28Cl2N2O3/c1-4-5-12-26-23(29)17(3)27(14-18-8-9-19(24)13-21(18)25)22(28)15-30-20-10-6-16(2)7-11-20/h6-11,13,17H,4-5,12,14-15H2,1-3H3,(H,26,29)/t17-/m1/s1. The van der Waals surface area contributed by atoms with Crippen LogP contribution in [0.15, 0.2) is 42.5 Å². The van der Waals surface area contributed by atoms with Crippen molar-refractivity contribution >= 4 is 35.0 Å². The second-order valence-electron chi connectivity index (χ2n) is 7.18. The van der Waals surface area contributed by atoms with Crippen LogP contribution in [0.5, 0.6) is 5.75 Å². The molecule has 2 aromatic rings. The highest BCUT2D eigenvalue weighted by Gasteiger charge is 2.27. The zero-order chi connectivity index (χ0) is 22.1. The SMILES string of the molecule is CCCCNC(=O)[C@@H](C)N(Cc1ccc(Cl)cc1Cl)C(=O)COc1ccc(C)cc1. The predicted molar refractivity (Wildman–Crippen MR) is 121 cm³/mol. The van der Waals surface area contributed by atoms with Crippen molar-refractivity contribution in [3.05, 3.63) is 63.6 Å². The molecule has 30 heavy (non-hydrogen) atoms. The number of halogens is 2. The van der Waals surface area contributed by atoms with Crippen LogP contribution in [0, 0.1) is 6.92 Å². The largest absolute Gasteiger partial charge is 0.484 e. The molecule has 2 amide bonds. The summed E-state index contributed by atoms with van der Waals surface area (Å²) in [6.45, 7) is 6.30. The number of nitrogens with zero attached hydrogens (tertiary/aromatic N) is 1. The minimum absolute atomic E-state index is 0.175. The van der Waals surface area contributed by atoms with E-state index in [1.807, 2.05) is 31.2 Å². The molecule has 2 aromatic carbocycles. The molecule has 1 atom stereocenters. The number of aryl methyl sites for hydroxylation is 1. The number of carbonyl (C=O) groups excluding carboxylic acids is 2. The van der Waals surface area contributed by atoms with Crippen molar-refractivity contribution in [2.45, 2.75) is 46.2 Å². The highest BCUT2D eigenvalue weighted by atomic mass is 35.5. The Kier molecular flexibility index (Phi) is 9.47. The van der Waals surface area contributed by atoms with Gasteiger partial charge in [0.2, 0.25) is 5.91 Å². The fraction of sp³-hybridized carbons (Fsp3) is 0.391. The molecule has 5 nitrogen and oxygen atoms in total. The van der Waals surface area contributed by atoms with Gasteiger partial charge in [0.1, 0.15) is 11.8 Å². The molecule has 0 fully saturated rings. The summed E-state index contributed by atoms with van der Waals surface area (Å²) in [7, 11) is 0. The Morgan fingerprint density at radius 3 is 2.47 bits per heavy atom. The Morgan fingerprint density at radius 1 is 1.13 bits per heavy atom.